The second kappa shape index (κ2) is 11.4. The fourth-order valence-corrected chi connectivity index (χ4v) is 7.77. The zero-order valence-electron chi connectivity index (χ0n) is 22.1. The van der Waals surface area contributed by atoms with E-state index in [1.165, 1.54) is 28.4 Å². The Hall–Kier alpha value is -3.41. The number of ether oxygens (including phenoxy) is 2. The molecule has 2 aromatic heterocycles. The molecule has 4 aromatic rings. The number of furan rings is 1. The Morgan fingerprint density at radius 1 is 1.10 bits per heavy atom. The van der Waals surface area contributed by atoms with Gasteiger partial charge in [-0.25, -0.2) is 13.4 Å². The summed E-state index contributed by atoms with van der Waals surface area (Å²) in [5.74, 6) is 1.43. The fraction of sp³-hybridized carbons (Fsp3) is 0.357. The molecule has 2 aromatic carbocycles. The number of thiazole rings is 1. The number of hydrogen-bond acceptors (Lipinski definition) is 8. The van der Waals surface area contributed by atoms with Crippen molar-refractivity contribution in [1.82, 2.24) is 9.29 Å². The van der Waals surface area contributed by atoms with Crippen molar-refractivity contribution in [1.29, 1.82) is 0 Å². The molecule has 1 atom stereocenters. The van der Waals surface area contributed by atoms with Crippen molar-refractivity contribution >= 4 is 42.6 Å². The molecular weight excluding hydrogens is 538 g/mol. The summed E-state index contributed by atoms with van der Waals surface area (Å²) in [5.41, 5.74) is 0.923. The molecule has 1 amide bonds. The van der Waals surface area contributed by atoms with Gasteiger partial charge in [0.15, 0.2) is 5.13 Å². The minimum Gasteiger partial charge on any atom is -0.495 e. The maximum Gasteiger partial charge on any atom is 0.260 e. The zero-order chi connectivity index (χ0) is 27.6. The first kappa shape index (κ1) is 27.2. The van der Waals surface area contributed by atoms with Crippen LogP contribution in [-0.2, 0) is 16.6 Å². The summed E-state index contributed by atoms with van der Waals surface area (Å²) in [4.78, 5) is 20.3. The highest BCUT2D eigenvalue weighted by Gasteiger charge is 2.33. The topological polar surface area (TPSA) is 102 Å². The van der Waals surface area contributed by atoms with Crippen molar-refractivity contribution < 1.29 is 27.1 Å². The number of piperidine rings is 1. The second-order valence-corrected chi connectivity index (χ2v) is 12.2. The van der Waals surface area contributed by atoms with Crippen LogP contribution in [0, 0.1) is 0 Å². The zero-order valence-corrected chi connectivity index (χ0v) is 23.8. The van der Waals surface area contributed by atoms with Crippen LogP contribution in [0.15, 0.2) is 64.1 Å². The number of fused-ring (bicyclic) bond motifs is 1. The highest BCUT2D eigenvalue weighted by atomic mass is 32.2. The summed E-state index contributed by atoms with van der Waals surface area (Å²) in [5, 5.41) is 0.435. The molecule has 206 valence electrons. The van der Waals surface area contributed by atoms with Crippen molar-refractivity contribution in [3.63, 3.8) is 0 Å². The van der Waals surface area contributed by atoms with Gasteiger partial charge in [0.2, 0.25) is 10.0 Å². The number of nitrogens with zero attached hydrogens (tertiary/aromatic N) is 3. The molecule has 1 unspecified atom stereocenters. The van der Waals surface area contributed by atoms with Crippen LogP contribution in [0.2, 0.25) is 0 Å². The van der Waals surface area contributed by atoms with Crippen LogP contribution in [0.4, 0.5) is 5.13 Å². The van der Waals surface area contributed by atoms with Crippen LogP contribution in [0.5, 0.6) is 11.5 Å². The molecule has 9 nitrogen and oxygen atoms in total. The first-order valence-corrected chi connectivity index (χ1v) is 15.1. The van der Waals surface area contributed by atoms with Crippen LogP contribution >= 0.6 is 11.3 Å². The molecule has 1 saturated heterocycles. The van der Waals surface area contributed by atoms with E-state index in [9.17, 15) is 13.2 Å². The van der Waals surface area contributed by atoms with Gasteiger partial charge in [0, 0.05) is 18.2 Å². The number of sulfonamides is 1. The Balaban J connectivity index is 1.49. The van der Waals surface area contributed by atoms with Crippen molar-refractivity contribution in [2.24, 2.45) is 0 Å². The fourth-order valence-electron chi connectivity index (χ4n) is 4.93. The molecule has 0 saturated carbocycles. The standard InChI is InChI=1S/C28H31N3O6S2/c1-4-20-8-5-6-16-31(20)39(33,34)22-12-10-19(11-13-22)27(32)30(18-21-9-7-17-37-21)28-29-25-23(35-2)14-15-24(36-3)26(25)38-28/h7,9-15,17,20H,4-6,8,16,18H2,1-3H3. The number of hydrogen-bond donors (Lipinski definition) is 0. The third-order valence-corrected chi connectivity index (χ3v) is 10.1. The molecule has 0 N–H and O–H groups in total. The lowest BCUT2D eigenvalue weighted by Crippen LogP contribution is -2.43. The van der Waals surface area contributed by atoms with Gasteiger partial charge in [-0.1, -0.05) is 24.7 Å². The lowest BCUT2D eigenvalue weighted by atomic mass is 10.0. The molecular formula is C28H31N3O6S2. The molecule has 3 heterocycles. The molecule has 1 fully saturated rings. The lowest BCUT2D eigenvalue weighted by molar-refractivity contribution is 0.0983. The third-order valence-electron chi connectivity index (χ3n) is 7.02. The van der Waals surface area contributed by atoms with E-state index in [1.54, 1.807) is 61.2 Å². The van der Waals surface area contributed by atoms with E-state index in [0.717, 1.165) is 30.4 Å². The predicted octanol–water partition coefficient (Wildman–Crippen LogP) is 5.71. The largest absolute Gasteiger partial charge is 0.495 e. The minimum absolute atomic E-state index is 0.00173. The van der Waals surface area contributed by atoms with Gasteiger partial charge in [0.1, 0.15) is 27.5 Å². The average Bonchev–Trinajstić information content (AvgIpc) is 3.65. The Labute approximate surface area is 232 Å². The van der Waals surface area contributed by atoms with Crippen LogP contribution in [0.1, 0.15) is 48.7 Å². The Kier molecular flexibility index (Phi) is 7.92. The number of carbonyl (C=O) groups is 1. The number of anilines is 1. The average molecular weight is 570 g/mol. The van der Waals surface area contributed by atoms with E-state index in [4.69, 9.17) is 18.9 Å². The normalized spacial score (nSPS) is 16.3. The van der Waals surface area contributed by atoms with Gasteiger partial charge in [-0.3, -0.25) is 9.69 Å². The van der Waals surface area contributed by atoms with Crippen LogP contribution in [0.3, 0.4) is 0 Å². The number of aromatic nitrogens is 1. The quantitative estimate of drug-likeness (QED) is 0.255. The SMILES string of the molecule is CCC1CCCCN1S(=O)(=O)c1ccc(C(=O)N(Cc2ccco2)c2nc3c(OC)ccc(OC)c3s2)cc1. The van der Waals surface area contributed by atoms with E-state index in [0.29, 0.717) is 40.0 Å². The molecule has 11 heteroatoms. The molecule has 0 radical (unpaired) electrons. The van der Waals surface area contributed by atoms with E-state index in [1.807, 2.05) is 6.92 Å². The van der Waals surface area contributed by atoms with Crippen molar-refractivity contribution in [3.8, 4) is 11.5 Å². The Morgan fingerprint density at radius 3 is 2.51 bits per heavy atom. The highest BCUT2D eigenvalue weighted by molar-refractivity contribution is 7.89. The molecule has 0 aliphatic carbocycles. The Bertz CT molecular complexity index is 1510. The molecule has 0 bridgehead atoms. The highest BCUT2D eigenvalue weighted by Crippen LogP contribution is 2.41. The molecule has 0 spiro atoms. The van der Waals surface area contributed by atoms with Gasteiger partial charge in [0.25, 0.3) is 5.91 Å². The van der Waals surface area contributed by atoms with Crippen LogP contribution in [-0.4, -0.2) is 50.4 Å². The van der Waals surface area contributed by atoms with Crippen molar-refractivity contribution in [2.75, 3.05) is 25.7 Å². The van der Waals surface area contributed by atoms with Crippen LogP contribution < -0.4 is 14.4 Å². The van der Waals surface area contributed by atoms with Gasteiger partial charge >= 0.3 is 0 Å². The summed E-state index contributed by atoms with van der Waals surface area (Å²) < 4.78 is 45.7. The second-order valence-electron chi connectivity index (χ2n) is 9.31. The summed E-state index contributed by atoms with van der Waals surface area (Å²) in [6.45, 7) is 2.67. The van der Waals surface area contributed by atoms with Crippen LogP contribution in [0.25, 0.3) is 10.2 Å². The lowest BCUT2D eigenvalue weighted by Gasteiger charge is -2.34. The molecule has 1 aliphatic heterocycles. The number of methoxy groups -OCH3 is 2. The van der Waals surface area contributed by atoms with E-state index < -0.39 is 10.0 Å². The smallest absolute Gasteiger partial charge is 0.260 e. The van der Waals surface area contributed by atoms with Crippen molar-refractivity contribution in [2.45, 2.75) is 50.1 Å². The third kappa shape index (κ3) is 5.26. The number of rotatable bonds is 9. The monoisotopic (exact) mass is 569 g/mol. The van der Waals surface area contributed by atoms with E-state index >= 15 is 0 Å². The first-order chi connectivity index (χ1) is 18.9. The van der Waals surface area contributed by atoms with Gasteiger partial charge in [-0.15, -0.1) is 0 Å². The summed E-state index contributed by atoms with van der Waals surface area (Å²) in [7, 11) is -0.515. The summed E-state index contributed by atoms with van der Waals surface area (Å²) >= 11 is 1.30. The minimum atomic E-state index is -3.66. The molecule has 1 aliphatic rings. The maximum absolute atomic E-state index is 13.8. The molecule has 39 heavy (non-hydrogen) atoms. The number of benzene rings is 2. The van der Waals surface area contributed by atoms with E-state index in [2.05, 4.69) is 0 Å². The van der Waals surface area contributed by atoms with E-state index in [-0.39, 0.29) is 23.4 Å². The van der Waals surface area contributed by atoms with Gasteiger partial charge in [-0.05, 0) is 67.8 Å². The summed E-state index contributed by atoms with van der Waals surface area (Å²) in [6.07, 6.45) is 5.08. The van der Waals surface area contributed by atoms with Gasteiger partial charge in [0.05, 0.1) is 31.9 Å². The number of carbonyl (C=O) groups excluding carboxylic acids is 1. The van der Waals surface area contributed by atoms with Gasteiger partial charge < -0.3 is 13.9 Å². The first-order valence-electron chi connectivity index (χ1n) is 12.8. The van der Waals surface area contributed by atoms with Crippen molar-refractivity contribution in [3.05, 3.63) is 66.1 Å². The number of amides is 1. The maximum atomic E-state index is 13.8. The van der Waals surface area contributed by atoms with Gasteiger partial charge in [-0.2, -0.15) is 4.31 Å². The Morgan fingerprint density at radius 2 is 1.85 bits per heavy atom. The predicted molar refractivity (Wildman–Crippen MR) is 150 cm³/mol. The summed E-state index contributed by atoms with van der Waals surface area (Å²) in [6, 6.07) is 13.3. The molecule has 5 rings (SSSR count).